The third kappa shape index (κ3) is 7.77. The zero-order valence-electron chi connectivity index (χ0n) is 25.3. The van der Waals surface area contributed by atoms with Crippen LogP contribution in [-0.2, 0) is 9.59 Å². The van der Waals surface area contributed by atoms with Crippen molar-refractivity contribution in [3.8, 4) is 28.7 Å². The third-order valence-electron chi connectivity index (χ3n) is 7.44. The summed E-state index contributed by atoms with van der Waals surface area (Å²) in [6.07, 6.45) is 4.61. The number of nitrogens with zero attached hydrogens (tertiary/aromatic N) is 2. The molecule has 2 amide bonds. The van der Waals surface area contributed by atoms with Crippen molar-refractivity contribution in [2.75, 3.05) is 41.6 Å². The number of aryl methyl sites for hydroxylation is 1. The molecular formula is C33H39N3O7. The van der Waals surface area contributed by atoms with E-state index in [1.54, 1.807) is 51.7 Å². The predicted octanol–water partition coefficient (Wildman–Crippen LogP) is 5.03. The van der Waals surface area contributed by atoms with Crippen LogP contribution in [-0.4, -0.2) is 71.1 Å². The molecule has 10 heteroatoms. The van der Waals surface area contributed by atoms with E-state index in [0.29, 0.717) is 34.4 Å². The van der Waals surface area contributed by atoms with E-state index in [9.17, 15) is 9.59 Å². The van der Waals surface area contributed by atoms with E-state index < -0.39 is 6.04 Å². The maximum Gasteiger partial charge on any atom is 0.224 e. The van der Waals surface area contributed by atoms with E-state index in [0.717, 1.165) is 42.5 Å². The van der Waals surface area contributed by atoms with Gasteiger partial charge in [0, 0.05) is 30.5 Å². The van der Waals surface area contributed by atoms with E-state index in [1.165, 1.54) is 0 Å². The van der Waals surface area contributed by atoms with Crippen molar-refractivity contribution in [1.82, 2.24) is 10.2 Å². The van der Waals surface area contributed by atoms with Gasteiger partial charge < -0.3 is 33.9 Å². The van der Waals surface area contributed by atoms with Gasteiger partial charge in [-0.15, -0.1) is 0 Å². The molecule has 1 saturated heterocycles. The molecule has 1 aliphatic rings. The Hall–Kier alpha value is -4.73. The molecule has 0 radical (unpaired) electrons. The van der Waals surface area contributed by atoms with Gasteiger partial charge in [-0.1, -0.05) is 12.1 Å². The van der Waals surface area contributed by atoms with Crippen LogP contribution in [0.2, 0.25) is 0 Å². The second kappa shape index (κ2) is 14.9. The first-order chi connectivity index (χ1) is 20.9. The number of hydrogen-bond donors (Lipinski definition) is 1. The van der Waals surface area contributed by atoms with Gasteiger partial charge in [0.25, 0.3) is 0 Å². The fourth-order valence-corrected chi connectivity index (χ4v) is 5.02. The van der Waals surface area contributed by atoms with Crippen molar-refractivity contribution in [1.29, 1.82) is 0 Å². The summed E-state index contributed by atoms with van der Waals surface area (Å²) in [5.41, 5.74) is 3.26. The number of hydrogen-bond acceptors (Lipinski definition) is 8. The zero-order valence-corrected chi connectivity index (χ0v) is 25.3. The molecule has 0 aliphatic carbocycles. The number of benzene rings is 3. The third-order valence-corrected chi connectivity index (χ3v) is 7.44. The molecule has 10 nitrogen and oxygen atoms in total. The van der Waals surface area contributed by atoms with Crippen LogP contribution in [0.15, 0.2) is 59.6 Å². The van der Waals surface area contributed by atoms with Gasteiger partial charge in [0.15, 0.2) is 11.5 Å². The molecule has 2 atom stereocenters. The fourth-order valence-electron chi connectivity index (χ4n) is 5.02. The van der Waals surface area contributed by atoms with Crippen LogP contribution >= 0.6 is 0 Å². The van der Waals surface area contributed by atoms with Crippen molar-refractivity contribution in [2.45, 2.75) is 38.3 Å². The van der Waals surface area contributed by atoms with Gasteiger partial charge in [0.05, 0.1) is 59.2 Å². The molecular weight excluding hydrogens is 550 g/mol. The molecule has 4 rings (SSSR count). The van der Waals surface area contributed by atoms with E-state index in [1.807, 2.05) is 49.4 Å². The van der Waals surface area contributed by atoms with Crippen LogP contribution in [0.3, 0.4) is 0 Å². The van der Waals surface area contributed by atoms with Gasteiger partial charge in [-0.3, -0.25) is 14.6 Å². The predicted molar refractivity (Wildman–Crippen MR) is 164 cm³/mol. The largest absolute Gasteiger partial charge is 0.497 e. The number of carbonyl (C=O) groups excluding carboxylic acids is 2. The first-order valence-electron chi connectivity index (χ1n) is 14.1. The molecule has 3 aromatic rings. The van der Waals surface area contributed by atoms with Gasteiger partial charge in [0.1, 0.15) is 17.2 Å². The van der Waals surface area contributed by atoms with Gasteiger partial charge in [0.2, 0.25) is 12.3 Å². The lowest BCUT2D eigenvalue weighted by Crippen LogP contribution is -2.30. The van der Waals surface area contributed by atoms with Gasteiger partial charge in [-0.2, -0.15) is 0 Å². The molecule has 1 fully saturated rings. The van der Waals surface area contributed by atoms with Crippen molar-refractivity contribution in [3.63, 3.8) is 0 Å². The van der Waals surface area contributed by atoms with Crippen LogP contribution in [0.25, 0.3) is 0 Å². The van der Waals surface area contributed by atoms with Crippen LogP contribution < -0.4 is 29.0 Å². The van der Waals surface area contributed by atoms with Crippen molar-refractivity contribution in [2.24, 2.45) is 4.99 Å². The van der Waals surface area contributed by atoms with Gasteiger partial charge in [-0.05, 0) is 61.2 Å². The van der Waals surface area contributed by atoms with E-state index in [2.05, 4.69) is 10.3 Å². The molecule has 1 N–H and O–H groups in total. The van der Waals surface area contributed by atoms with Gasteiger partial charge >= 0.3 is 0 Å². The van der Waals surface area contributed by atoms with E-state index in [-0.39, 0.29) is 25.0 Å². The number of ether oxygens (including phenoxy) is 5. The minimum atomic E-state index is -0.490. The van der Waals surface area contributed by atoms with Crippen LogP contribution in [0.1, 0.15) is 42.0 Å². The Balaban J connectivity index is 1.48. The molecule has 0 aromatic heterocycles. The molecule has 228 valence electrons. The van der Waals surface area contributed by atoms with Crippen LogP contribution in [0.4, 0.5) is 5.69 Å². The number of rotatable bonds is 14. The highest BCUT2D eigenvalue weighted by Crippen LogP contribution is 2.36. The highest BCUT2D eigenvalue weighted by molar-refractivity contribution is 5.77. The first-order valence-corrected chi connectivity index (χ1v) is 14.1. The molecule has 3 aromatic carbocycles. The number of aliphatic imine (C=N–C) groups is 1. The maximum atomic E-state index is 13.3. The molecule has 43 heavy (non-hydrogen) atoms. The molecule has 0 bridgehead atoms. The summed E-state index contributed by atoms with van der Waals surface area (Å²) < 4.78 is 27.9. The standard InChI is InChI=1S/C33H39N3O7/c1-22-17-30(42-5)31(19-28(22)34-20-24-7-6-15-36(24)21-37)43-16-14-32(38)35-33(23-8-10-25(39-2)11-9-23)27-13-12-26(40-3)18-29(27)41-4/h8-13,17-21,24,33H,6-7,14-16H2,1-5H3,(H,35,38). The Morgan fingerprint density at radius 1 is 0.953 bits per heavy atom. The highest BCUT2D eigenvalue weighted by Gasteiger charge is 2.23. The minimum Gasteiger partial charge on any atom is -0.497 e. The maximum absolute atomic E-state index is 13.3. The van der Waals surface area contributed by atoms with Crippen LogP contribution in [0, 0.1) is 6.92 Å². The number of methoxy groups -OCH3 is 4. The first kappa shape index (κ1) is 31.2. The average Bonchev–Trinajstić information content (AvgIpc) is 3.51. The van der Waals surface area contributed by atoms with Gasteiger partial charge in [-0.25, -0.2) is 0 Å². The molecule has 1 aliphatic heterocycles. The smallest absolute Gasteiger partial charge is 0.224 e. The number of carbonyl (C=O) groups is 2. The highest BCUT2D eigenvalue weighted by atomic mass is 16.5. The summed E-state index contributed by atoms with van der Waals surface area (Å²) in [6.45, 7) is 2.79. The summed E-state index contributed by atoms with van der Waals surface area (Å²) in [4.78, 5) is 30.9. The minimum absolute atomic E-state index is 0.0185. The average molecular weight is 590 g/mol. The Kier molecular flexibility index (Phi) is 10.9. The molecule has 2 unspecified atom stereocenters. The Bertz CT molecular complexity index is 1420. The number of amides is 2. The molecule has 1 heterocycles. The fraction of sp³-hybridized carbons (Fsp3) is 0.364. The lowest BCUT2D eigenvalue weighted by atomic mass is 9.97. The summed E-state index contributed by atoms with van der Waals surface area (Å²) in [6, 6.07) is 16.1. The number of likely N-dealkylation sites (tertiary alicyclic amines) is 1. The summed E-state index contributed by atoms with van der Waals surface area (Å²) in [7, 11) is 6.35. The van der Waals surface area contributed by atoms with Crippen LogP contribution in [0.5, 0.6) is 28.7 Å². The topological polar surface area (TPSA) is 108 Å². The van der Waals surface area contributed by atoms with E-state index >= 15 is 0 Å². The number of nitrogens with one attached hydrogen (secondary N) is 1. The lowest BCUT2D eigenvalue weighted by Gasteiger charge is -2.23. The Labute approximate surface area is 252 Å². The summed E-state index contributed by atoms with van der Waals surface area (Å²) in [5, 5.41) is 3.13. The Morgan fingerprint density at radius 3 is 2.35 bits per heavy atom. The summed E-state index contributed by atoms with van der Waals surface area (Å²) >= 11 is 0. The molecule has 0 spiro atoms. The summed E-state index contributed by atoms with van der Waals surface area (Å²) in [5.74, 6) is 2.76. The van der Waals surface area contributed by atoms with Crippen molar-refractivity contribution < 1.29 is 33.3 Å². The monoisotopic (exact) mass is 589 g/mol. The quantitative estimate of drug-likeness (QED) is 0.208. The SMILES string of the molecule is COc1ccc(C(NC(=O)CCOc2cc(N=CC3CCCN3C=O)c(C)cc2OC)c2ccc(OC)cc2OC)cc1. The molecule has 0 saturated carbocycles. The van der Waals surface area contributed by atoms with Crippen molar-refractivity contribution in [3.05, 3.63) is 71.3 Å². The Morgan fingerprint density at radius 2 is 1.67 bits per heavy atom. The normalized spacial score (nSPS) is 15.2. The second-order valence-electron chi connectivity index (χ2n) is 10.1. The zero-order chi connectivity index (χ0) is 30.8. The van der Waals surface area contributed by atoms with E-state index in [4.69, 9.17) is 23.7 Å². The lowest BCUT2D eigenvalue weighted by molar-refractivity contribution is -0.122. The second-order valence-corrected chi connectivity index (χ2v) is 10.1. The van der Waals surface area contributed by atoms with Crippen molar-refractivity contribution >= 4 is 24.2 Å².